The first-order chi connectivity index (χ1) is 7.92. The number of hydrogen-bond donors (Lipinski definition) is 2. The summed E-state index contributed by atoms with van der Waals surface area (Å²) in [6.45, 7) is 2.25. The number of pyridine rings is 1. The molecule has 1 aromatic rings. The van der Waals surface area contributed by atoms with E-state index in [1.165, 1.54) is 31.2 Å². The molecule has 2 heterocycles. The van der Waals surface area contributed by atoms with E-state index in [2.05, 4.69) is 27.8 Å². The Balaban J connectivity index is 1.66. The van der Waals surface area contributed by atoms with Crippen LogP contribution in [0.5, 0.6) is 0 Å². The lowest BCUT2D eigenvalue weighted by atomic mass is 10.1. The van der Waals surface area contributed by atoms with E-state index in [-0.39, 0.29) is 0 Å². The van der Waals surface area contributed by atoms with Gasteiger partial charge in [0.25, 0.3) is 0 Å². The number of anilines is 1. The Labute approximate surface area is 96.7 Å². The molecule has 0 bridgehead atoms. The largest absolute Gasteiger partial charge is 0.367 e. The maximum atomic E-state index is 4.41. The number of piperidine rings is 1. The second-order valence-electron chi connectivity index (χ2n) is 4.92. The van der Waals surface area contributed by atoms with E-state index < -0.39 is 0 Å². The molecule has 1 aliphatic carbocycles. The lowest BCUT2D eigenvalue weighted by molar-refractivity contribution is 0.478. The molecule has 2 fully saturated rings. The van der Waals surface area contributed by atoms with Crippen molar-refractivity contribution in [1.82, 2.24) is 10.3 Å². The molecule has 2 aliphatic rings. The zero-order valence-corrected chi connectivity index (χ0v) is 9.58. The molecule has 0 amide bonds. The Morgan fingerprint density at radius 2 is 2.00 bits per heavy atom. The van der Waals surface area contributed by atoms with Crippen LogP contribution in [0.25, 0.3) is 0 Å². The quantitative estimate of drug-likeness (QED) is 0.814. The molecule has 3 rings (SSSR count). The second-order valence-corrected chi connectivity index (χ2v) is 4.92. The maximum Gasteiger partial charge on any atom is 0.126 e. The third-order valence-electron chi connectivity index (χ3n) is 3.52. The number of hydrogen-bond acceptors (Lipinski definition) is 3. The van der Waals surface area contributed by atoms with Gasteiger partial charge in [-0.25, -0.2) is 4.98 Å². The van der Waals surface area contributed by atoms with Gasteiger partial charge in [-0.3, -0.25) is 0 Å². The molecular formula is C13H19N3. The number of nitrogens with one attached hydrogen (secondary N) is 2. The summed E-state index contributed by atoms with van der Waals surface area (Å²) in [5.74, 6) is 1.88. The van der Waals surface area contributed by atoms with Crippen molar-refractivity contribution in [3.8, 4) is 0 Å². The lowest BCUT2D eigenvalue weighted by Crippen LogP contribution is -2.35. The van der Waals surface area contributed by atoms with Crippen molar-refractivity contribution in [3.05, 3.63) is 23.9 Å². The Morgan fingerprint density at radius 3 is 2.75 bits per heavy atom. The fraction of sp³-hybridized carbons (Fsp3) is 0.615. The third-order valence-corrected chi connectivity index (χ3v) is 3.52. The van der Waals surface area contributed by atoms with Crippen molar-refractivity contribution in [2.24, 2.45) is 0 Å². The molecule has 0 unspecified atom stereocenters. The van der Waals surface area contributed by atoms with Crippen molar-refractivity contribution < 1.29 is 0 Å². The summed E-state index contributed by atoms with van der Waals surface area (Å²) in [4.78, 5) is 4.41. The van der Waals surface area contributed by atoms with E-state index >= 15 is 0 Å². The van der Waals surface area contributed by atoms with E-state index in [1.807, 2.05) is 6.20 Å². The Kier molecular flexibility index (Phi) is 2.79. The number of nitrogens with zero attached hydrogens (tertiary/aromatic N) is 1. The van der Waals surface area contributed by atoms with Crippen LogP contribution < -0.4 is 10.6 Å². The van der Waals surface area contributed by atoms with E-state index in [0.717, 1.165) is 24.8 Å². The summed E-state index contributed by atoms with van der Waals surface area (Å²) >= 11 is 0. The Morgan fingerprint density at radius 1 is 1.19 bits per heavy atom. The molecule has 1 aliphatic heterocycles. The Hall–Kier alpha value is -1.09. The smallest absolute Gasteiger partial charge is 0.126 e. The van der Waals surface area contributed by atoms with Crippen LogP contribution >= 0.6 is 0 Å². The first kappa shape index (κ1) is 10.1. The highest BCUT2D eigenvalue weighted by atomic mass is 15.0. The zero-order valence-electron chi connectivity index (χ0n) is 9.58. The summed E-state index contributed by atoms with van der Waals surface area (Å²) in [5.41, 5.74) is 1.46. The van der Waals surface area contributed by atoms with E-state index in [9.17, 15) is 0 Å². The third kappa shape index (κ3) is 2.35. The SMILES string of the molecule is c1cc(C2CC2)cc(NC2CCNCC2)n1. The van der Waals surface area contributed by atoms with Gasteiger partial charge < -0.3 is 10.6 Å². The standard InChI is InChI=1S/C13H19N3/c1-2-10(1)11-3-8-15-13(9-11)16-12-4-6-14-7-5-12/h3,8-10,12,14H,1-2,4-7H2,(H,15,16). The summed E-state index contributed by atoms with van der Waals surface area (Å²) in [5, 5.41) is 6.93. The van der Waals surface area contributed by atoms with Crippen LogP contribution in [0.1, 0.15) is 37.2 Å². The normalized spacial score (nSPS) is 22.0. The highest BCUT2D eigenvalue weighted by Gasteiger charge is 2.24. The van der Waals surface area contributed by atoms with E-state index in [1.54, 1.807) is 0 Å². The van der Waals surface area contributed by atoms with Crippen LogP contribution in [0.3, 0.4) is 0 Å². The Bertz CT molecular complexity index is 354. The maximum absolute atomic E-state index is 4.41. The topological polar surface area (TPSA) is 37.0 Å². The molecule has 0 spiro atoms. The first-order valence-electron chi connectivity index (χ1n) is 6.35. The number of aromatic nitrogens is 1. The molecule has 16 heavy (non-hydrogen) atoms. The van der Waals surface area contributed by atoms with Gasteiger partial charge in [0, 0.05) is 12.2 Å². The van der Waals surface area contributed by atoms with Gasteiger partial charge in [0.1, 0.15) is 5.82 Å². The molecule has 3 heteroatoms. The minimum absolute atomic E-state index is 0.600. The van der Waals surface area contributed by atoms with Crippen LogP contribution in [-0.2, 0) is 0 Å². The van der Waals surface area contributed by atoms with Crippen LogP contribution in [0, 0.1) is 0 Å². The molecule has 1 aromatic heterocycles. The molecular weight excluding hydrogens is 198 g/mol. The molecule has 1 saturated heterocycles. The predicted molar refractivity (Wildman–Crippen MR) is 65.7 cm³/mol. The highest BCUT2D eigenvalue weighted by Crippen LogP contribution is 2.40. The zero-order chi connectivity index (χ0) is 10.8. The van der Waals surface area contributed by atoms with Crippen molar-refractivity contribution >= 4 is 5.82 Å². The highest BCUT2D eigenvalue weighted by molar-refractivity contribution is 5.40. The van der Waals surface area contributed by atoms with Gasteiger partial charge in [0.05, 0.1) is 0 Å². The van der Waals surface area contributed by atoms with Crippen molar-refractivity contribution in [3.63, 3.8) is 0 Å². The predicted octanol–water partition coefficient (Wildman–Crippen LogP) is 2.12. The van der Waals surface area contributed by atoms with Gasteiger partial charge in [-0.1, -0.05) is 0 Å². The van der Waals surface area contributed by atoms with Gasteiger partial charge in [0.15, 0.2) is 0 Å². The van der Waals surface area contributed by atoms with Crippen LogP contribution in [0.15, 0.2) is 18.3 Å². The van der Waals surface area contributed by atoms with Gasteiger partial charge >= 0.3 is 0 Å². The average molecular weight is 217 g/mol. The molecule has 0 aromatic carbocycles. The van der Waals surface area contributed by atoms with Crippen LogP contribution in [-0.4, -0.2) is 24.1 Å². The van der Waals surface area contributed by atoms with E-state index in [0.29, 0.717) is 6.04 Å². The average Bonchev–Trinajstić information content (AvgIpc) is 3.15. The fourth-order valence-corrected chi connectivity index (χ4v) is 2.37. The summed E-state index contributed by atoms with van der Waals surface area (Å²) < 4.78 is 0. The monoisotopic (exact) mass is 217 g/mol. The second kappa shape index (κ2) is 4.42. The summed E-state index contributed by atoms with van der Waals surface area (Å²) in [6, 6.07) is 4.99. The van der Waals surface area contributed by atoms with Gasteiger partial charge in [0.2, 0.25) is 0 Å². The molecule has 2 N–H and O–H groups in total. The molecule has 0 atom stereocenters. The summed E-state index contributed by atoms with van der Waals surface area (Å²) in [6.07, 6.45) is 7.06. The van der Waals surface area contributed by atoms with Crippen LogP contribution in [0.4, 0.5) is 5.82 Å². The van der Waals surface area contributed by atoms with Crippen molar-refractivity contribution in [2.45, 2.75) is 37.6 Å². The molecule has 86 valence electrons. The van der Waals surface area contributed by atoms with Gasteiger partial charge in [-0.15, -0.1) is 0 Å². The molecule has 3 nitrogen and oxygen atoms in total. The van der Waals surface area contributed by atoms with Crippen molar-refractivity contribution in [2.75, 3.05) is 18.4 Å². The number of rotatable bonds is 3. The van der Waals surface area contributed by atoms with Gasteiger partial charge in [-0.2, -0.15) is 0 Å². The van der Waals surface area contributed by atoms with E-state index in [4.69, 9.17) is 0 Å². The fourth-order valence-electron chi connectivity index (χ4n) is 2.37. The van der Waals surface area contributed by atoms with Crippen LogP contribution in [0.2, 0.25) is 0 Å². The molecule has 1 saturated carbocycles. The molecule has 0 radical (unpaired) electrons. The minimum atomic E-state index is 0.600. The lowest BCUT2D eigenvalue weighted by Gasteiger charge is -2.24. The minimum Gasteiger partial charge on any atom is -0.367 e. The summed E-state index contributed by atoms with van der Waals surface area (Å²) in [7, 11) is 0. The van der Waals surface area contributed by atoms with Gasteiger partial charge in [-0.05, 0) is 62.4 Å². The van der Waals surface area contributed by atoms with Crippen molar-refractivity contribution in [1.29, 1.82) is 0 Å². The first-order valence-corrected chi connectivity index (χ1v) is 6.35.